The number of fused-ring (bicyclic) bond motifs is 1. The molecule has 0 atom stereocenters. The Balaban J connectivity index is 1.80. The lowest BCUT2D eigenvalue weighted by Gasteiger charge is -2.12. The van der Waals surface area contributed by atoms with Gasteiger partial charge in [0.1, 0.15) is 0 Å². The number of aryl methyl sites for hydroxylation is 2. The third kappa shape index (κ3) is 3.71. The quantitative estimate of drug-likeness (QED) is 0.520. The number of nitrogens with two attached hydrogens (primary N) is 1. The predicted octanol–water partition coefficient (Wildman–Crippen LogP) is 4.75. The molecule has 0 spiro atoms. The van der Waals surface area contributed by atoms with Gasteiger partial charge in [0.25, 0.3) is 0 Å². The van der Waals surface area contributed by atoms with E-state index in [1.165, 1.54) is 16.6 Å². The lowest BCUT2D eigenvalue weighted by atomic mass is 10.1. The minimum Gasteiger partial charge on any atom is -0.366 e. The second-order valence-electron chi connectivity index (χ2n) is 6.78. The number of nitrogen functional groups attached to an aromatic ring is 1. The summed E-state index contributed by atoms with van der Waals surface area (Å²) in [4.78, 5) is 8.57. The average Bonchev–Trinajstić information content (AvgIpc) is 3.02. The first-order valence-corrected chi connectivity index (χ1v) is 8.75. The Kier molecular flexibility index (Phi) is 4.37. The SMILES string of the molecule is Cc1cc(C)cc(-c2cnc(Nc3cccc(C(F)(F)F)c3)c3nc(N)nn23)c1. The van der Waals surface area contributed by atoms with Crippen molar-refractivity contribution < 1.29 is 13.2 Å². The van der Waals surface area contributed by atoms with E-state index in [0.29, 0.717) is 11.3 Å². The Labute approximate surface area is 164 Å². The molecule has 3 N–H and O–H groups in total. The zero-order valence-electron chi connectivity index (χ0n) is 15.6. The summed E-state index contributed by atoms with van der Waals surface area (Å²) in [5.41, 5.74) is 9.29. The number of rotatable bonds is 3. The van der Waals surface area contributed by atoms with Crippen molar-refractivity contribution in [3.05, 3.63) is 65.4 Å². The van der Waals surface area contributed by atoms with Crippen LogP contribution in [0.1, 0.15) is 16.7 Å². The van der Waals surface area contributed by atoms with Gasteiger partial charge in [-0.2, -0.15) is 18.2 Å². The molecule has 0 aliphatic rings. The van der Waals surface area contributed by atoms with Gasteiger partial charge < -0.3 is 11.1 Å². The fraction of sp³-hybridized carbons (Fsp3) is 0.150. The Hall–Kier alpha value is -3.62. The highest BCUT2D eigenvalue weighted by molar-refractivity contribution is 5.75. The van der Waals surface area contributed by atoms with Crippen LogP contribution >= 0.6 is 0 Å². The first-order valence-electron chi connectivity index (χ1n) is 8.75. The van der Waals surface area contributed by atoms with Crippen LogP contribution in [0.2, 0.25) is 0 Å². The van der Waals surface area contributed by atoms with Crippen molar-refractivity contribution >= 4 is 23.1 Å². The highest BCUT2D eigenvalue weighted by atomic mass is 19.4. The van der Waals surface area contributed by atoms with Crippen molar-refractivity contribution in [2.45, 2.75) is 20.0 Å². The van der Waals surface area contributed by atoms with Gasteiger partial charge in [0.05, 0.1) is 17.5 Å². The molecule has 29 heavy (non-hydrogen) atoms. The topological polar surface area (TPSA) is 81.1 Å². The molecule has 0 amide bonds. The minimum atomic E-state index is -4.44. The largest absolute Gasteiger partial charge is 0.416 e. The van der Waals surface area contributed by atoms with E-state index in [-0.39, 0.29) is 17.5 Å². The smallest absolute Gasteiger partial charge is 0.366 e. The van der Waals surface area contributed by atoms with Gasteiger partial charge in [-0.25, -0.2) is 9.50 Å². The second kappa shape index (κ2) is 6.77. The van der Waals surface area contributed by atoms with E-state index in [2.05, 4.69) is 20.4 Å². The van der Waals surface area contributed by atoms with Crippen molar-refractivity contribution in [3.63, 3.8) is 0 Å². The molecule has 6 nitrogen and oxygen atoms in total. The third-order valence-corrected chi connectivity index (χ3v) is 4.35. The van der Waals surface area contributed by atoms with Crippen LogP contribution in [0, 0.1) is 13.8 Å². The first-order chi connectivity index (χ1) is 13.7. The van der Waals surface area contributed by atoms with E-state index in [1.807, 2.05) is 32.0 Å². The Bertz CT molecular complexity index is 1190. The van der Waals surface area contributed by atoms with Gasteiger partial charge in [-0.05, 0) is 44.2 Å². The third-order valence-electron chi connectivity index (χ3n) is 4.35. The number of hydrogen-bond acceptors (Lipinski definition) is 5. The van der Waals surface area contributed by atoms with Crippen molar-refractivity contribution in [1.82, 2.24) is 19.6 Å². The van der Waals surface area contributed by atoms with Crippen molar-refractivity contribution in [3.8, 4) is 11.3 Å². The fourth-order valence-corrected chi connectivity index (χ4v) is 3.20. The van der Waals surface area contributed by atoms with E-state index < -0.39 is 11.7 Å². The Morgan fingerprint density at radius 3 is 2.45 bits per heavy atom. The molecule has 2 heterocycles. The average molecular weight is 398 g/mol. The van der Waals surface area contributed by atoms with Crippen LogP contribution in [0.3, 0.4) is 0 Å². The van der Waals surface area contributed by atoms with E-state index in [1.54, 1.807) is 6.20 Å². The molecule has 4 aromatic rings. The lowest BCUT2D eigenvalue weighted by Crippen LogP contribution is -2.06. The number of hydrogen-bond donors (Lipinski definition) is 2. The Morgan fingerprint density at radius 1 is 1.03 bits per heavy atom. The first kappa shape index (κ1) is 18.7. The summed E-state index contributed by atoms with van der Waals surface area (Å²) in [6.07, 6.45) is -2.85. The molecule has 0 aliphatic carbocycles. The number of benzene rings is 2. The molecular weight excluding hydrogens is 381 g/mol. The summed E-state index contributed by atoms with van der Waals surface area (Å²) in [6.45, 7) is 3.97. The summed E-state index contributed by atoms with van der Waals surface area (Å²) < 4.78 is 40.5. The molecule has 2 aromatic heterocycles. The molecule has 0 radical (unpaired) electrons. The van der Waals surface area contributed by atoms with E-state index >= 15 is 0 Å². The van der Waals surface area contributed by atoms with Crippen LogP contribution in [0.5, 0.6) is 0 Å². The number of nitrogens with one attached hydrogen (secondary N) is 1. The van der Waals surface area contributed by atoms with Gasteiger partial charge >= 0.3 is 6.18 Å². The summed E-state index contributed by atoms with van der Waals surface area (Å²) in [5.74, 6) is 0.289. The van der Waals surface area contributed by atoms with Crippen LogP contribution in [0.15, 0.2) is 48.7 Å². The maximum absolute atomic E-state index is 13.0. The Morgan fingerprint density at radius 2 is 1.76 bits per heavy atom. The maximum Gasteiger partial charge on any atom is 0.416 e. The summed E-state index contributed by atoms with van der Waals surface area (Å²) in [5, 5.41) is 7.12. The zero-order chi connectivity index (χ0) is 20.8. The molecular formula is C20H17F3N6. The second-order valence-corrected chi connectivity index (χ2v) is 6.78. The minimum absolute atomic E-state index is 0.0377. The van der Waals surface area contributed by atoms with E-state index in [9.17, 15) is 13.2 Å². The van der Waals surface area contributed by atoms with Gasteiger partial charge in [-0.15, -0.1) is 5.10 Å². The van der Waals surface area contributed by atoms with Gasteiger partial charge in [0.2, 0.25) is 11.6 Å². The van der Waals surface area contributed by atoms with Crippen LogP contribution in [-0.4, -0.2) is 19.6 Å². The lowest BCUT2D eigenvalue weighted by molar-refractivity contribution is -0.137. The van der Waals surface area contributed by atoms with Crippen LogP contribution in [-0.2, 0) is 6.18 Å². The fourth-order valence-electron chi connectivity index (χ4n) is 3.20. The monoisotopic (exact) mass is 398 g/mol. The number of anilines is 3. The zero-order valence-corrected chi connectivity index (χ0v) is 15.6. The number of alkyl halides is 3. The maximum atomic E-state index is 13.0. The van der Waals surface area contributed by atoms with Crippen molar-refractivity contribution in [2.75, 3.05) is 11.1 Å². The summed E-state index contributed by atoms with van der Waals surface area (Å²) in [6, 6.07) is 10.9. The van der Waals surface area contributed by atoms with Crippen LogP contribution in [0.25, 0.3) is 16.9 Å². The van der Waals surface area contributed by atoms with Crippen molar-refractivity contribution in [2.24, 2.45) is 0 Å². The van der Waals surface area contributed by atoms with E-state index in [4.69, 9.17) is 5.73 Å². The molecule has 0 unspecified atom stereocenters. The molecule has 0 fully saturated rings. The van der Waals surface area contributed by atoms with Crippen LogP contribution < -0.4 is 11.1 Å². The molecule has 9 heteroatoms. The molecule has 0 bridgehead atoms. The van der Waals surface area contributed by atoms with Gasteiger partial charge in [-0.1, -0.05) is 23.3 Å². The molecule has 4 rings (SSSR count). The van der Waals surface area contributed by atoms with Crippen LogP contribution in [0.4, 0.5) is 30.6 Å². The predicted molar refractivity (Wildman–Crippen MR) is 105 cm³/mol. The normalized spacial score (nSPS) is 11.8. The molecule has 2 aromatic carbocycles. The van der Waals surface area contributed by atoms with Gasteiger partial charge in [0.15, 0.2) is 5.82 Å². The van der Waals surface area contributed by atoms with Crippen molar-refractivity contribution in [1.29, 1.82) is 0 Å². The highest BCUT2D eigenvalue weighted by Gasteiger charge is 2.30. The summed E-state index contributed by atoms with van der Waals surface area (Å²) >= 11 is 0. The standard InChI is InChI=1S/C20H17F3N6/c1-11-6-12(2)8-13(7-11)16-10-25-17(18-27-19(24)28-29(16)18)26-15-5-3-4-14(9-15)20(21,22)23/h3-10H,1-2H3,(H2,24,28)(H,25,26). The van der Waals surface area contributed by atoms with Gasteiger partial charge in [-0.3, -0.25) is 0 Å². The number of nitrogens with zero attached hydrogens (tertiary/aromatic N) is 4. The highest BCUT2D eigenvalue weighted by Crippen LogP contribution is 2.32. The summed E-state index contributed by atoms with van der Waals surface area (Å²) in [7, 11) is 0. The molecule has 0 aliphatic heterocycles. The van der Waals surface area contributed by atoms with Gasteiger partial charge in [0, 0.05) is 11.3 Å². The number of aromatic nitrogens is 4. The molecule has 0 saturated carbocycles. The number of halogens is 3. The van der Waals surface area contributed by atoms with E-state index in [0.717, 1.165) is 28.8 Å². The molecule has 148 valence electrons. The molecule has 0 saturated heterocycles.